The van der Waals surface area contributed by atoms with Gasteiger partial charge in [-0.2, -0.15) is 0 Å². The van der Waals surface area contributed by atoms with Gasteiger partial charge in [0.2, 0.25) is 0 Å². The maximum Gasteiger partial charge on any atom is 0.354 e. The number of carbonyl (C=O) groups is 1. The van der Waals surface area contributed by atoms with E-state index in [2.05, 4.69) is 39.7 Å². The van der Waals surface area contributed by atoms with E-state index in [0.717, 1.165) is 14.5 Å². The van der Waals surface area contributed by atoms with Gasteiger partial charge >= 0.3 is 5.97 Å². The number of H-pyrrole nitrogens is 1. The fourth-order valence-electron chi connectivity index (χ4n) is 1.66. The normalized spacial score (nSPS) is 10.7. The Morgan fingerprint density at radius 1 is 1.44 bits per heavy atom. The Labute approximate surface area is 107 Å². The number of hydrogen-bond acceptors (Lipinski definition) is 2. The summed E-state index contributed by atoms with van der Waals surface area (Å²) in [6, 6.07) is 5.97. The molecule has 0 radical (unpaired) electrons. The number of ether oxygens (including phenoxy) is 1. The predicted octanol–water partition coefficient (Wildman–Crippen LogP) is 3.26. The van der Waals surface area contributed by atoms with E-state index in [1.807, 2.05) is 13.0 Å². The number of fused-ring (bicyclic) bond motifs is 1. The molecule has 0 fully saturated rings. The minimum Gasteiger partial charge on any atom is -0.461 e. The molecule has 0 spiro atoms. The molecule has 0 bridgehead atoms. The van der Waals surface area contributed by atoms with Crippen molar-refractivity contribution in [2.45, 2.75) is 13.8 Å². The van der Waals surface area contributed by atoms with Crippen LogP contribution in [0.3, 0.4) is 0 Å². The molecule has 16 heavy (non-hydrogen) atoms. The first-order valence-corrected chi connectivity index (χ1v) is 6.15. The van der Waals surface area contributed by atoms with Gasteiger partial charge in [-0.15, -0.1) is 0 Å². The summed E-state index contributed by atoms with van der Waals surface area (Å²) in [5.41, 5.74) is 2.70. The van der Waals surface area contributed by atoms with Gasteiger partial charge in [-0.3, -0.25) is 0 Å². The monoisotopic (exact) mass is 329 g/mol. The average Bonchev–Trinajstić information content (AvgIpc) is 2.62. The Bertz CT molecular complexity index is 545. The van der Waals surface area contributed by atoms with Gasteiger partial charge < -0.3 is 9.72 Å². The molecule has 0 atom stereocenters. The molecule has 1 aromatic carbocycles. The van der Waals surface area contributed by atoms with Crippen LogP contribution < -0.4 is 0 Å². The lowest BCUT2D eigenvalue weighted by molar-refractivity contribution is 0.0520. The summed E-state index contributed by atoms with van der Waals surface area (Å²) >= 11 is 2.26. The molecule has 0 saturated heterocycles. The Kier molecular flexibility index (Phi) is 3.18. The Hall–Kier alpha value is -1.04. The molecule has 4 heteroatoms. The van der Waals surface area contributed by atoms with E-state index in [1.54, 1.807) is 6.92 Å². The van der Waals surface area contributed by atoms with Crippen LogP contribution in [0.5, 0.6) is 0 Å². The van der Waals surface area contributed by atoms with E-state index in [9.17, 15) is 4.79 Å². The SMILES string of the molecule is CCOC(=O)c1cc2cc(C)cc(I)c2[nH]1. The third kappa shape index (κ3) is 2.07. The first kappa shape index (κ1) is 11.4. The van der Waals surface area contributed by atoms with Crippen LogP contribution in [0.4, 0.5) is 0 Å². The number of aromatic nitrogens is 1. The van der Waals surface area contributed by atoms with E-state index in [-0.39, 0.29) is 5.97 Å². The molecule has 1 heterocycles. The van der Waals surface area contributed by atoms with Gasteiger partial charge in [0.05, 0.1) is 12.1 Å². The molecule has 84 valence electrons. The van der Waals surface area contributed by atoms with Crippen LogP contribution in [0.1, 0.15) is 23.0 Å². The van der Waals surface area contributed by atoms with Crippen LogP contribution in [-0.4, -0.2) is 17.6 Å². The third-order valence-corrected chi connectivity index (χ3v) is 3.17. The van der Waals surface area contributed by atoms with Crippen LogP contribution in [0, 0.1) is 10.5 Å². The number of aryl methyl sites for hydroxylation is 1. The van der Waals surface area contributed by atoms with Crippen molar-refractivity contribution >= 4 is 39.5 Å². The molecule has 0 amide bonds. The van der Waals surface area contributed by atoms with E-state index >= 15 is 0 Å². The van der Waals surface area contributed by atoms with Crippen molar-refractivity contribution in [3.63, 3.8) is 0 Å². The quantitative estimate of drug-likeness (QED) is 0.679. The number of aromatic amines is 1. The van der Waals surface area contributed by atoms with E-state index < -0.39 is 0 Å². The molecule has 3 nitrogen and oxygen atoms in total. The Balaban J connectivity index is 2.51. The predicted molar refractivity (Wildman–Crippen MR) is 71.7 cm³/mol. The zero-order chi connectivity index (χ0) is 11.7. The molecule has 0 aliphatic carbocycles. The van der Waals surface area contributed by atoms with E-state index in [4.69, 9.17) is 4.74 Å². The Morgan fingerprint density at radius 3 is 2.88 bits per heavy atom. The van der Waals surface area contributed by atoms with Crippen molar-refractivity contribution in [2.24, 2.45) is 0 Å². The molecule has 2 rings (SSSR count). The lowest BCUT2D eigenvalue weighted by Gasteiger charge is -1.97. The lowest BCUT2D eigenvalue weighted by atomic mass is 10.2. The van der Waals surface area contributed by atoms with Crippen LogP contribution in [0.15, 0.2) is 18.2 Å². The zero-order valence-corrected chi connectivity index (χ0v) is 11.3. The van der Waals surface area contributed by atoms with Crippen molar-refractivity contribution in [1.29, 1.82) is 0 Å². The molecular formula is C12H12INO2. The second-order valence-corrected chi connectivity index (χ2v) is 4.78. The van der Waals surface area contributed by atoms with Crippen LogP contribution in [0.25, 0.3) is 10.9 Å². The number of rotatable bonds is 2. The number of halogens is 1. The minimum absolute atomic E-state index is 0.299. The van der Waals surface area contributed by atoms with Crippen molar-refractivity contribution in [3.05, 3.63) is 33.0 Å². The minimum atomic E-state index is -0.299. The topological polar surface area (TPSA) is 42.1 Å². The van der Waals surface area contributed by atoms with Gasteiger partial charge in [-0.1, -0.05) is 0 Å². The summed E-state index contributed by atoms with van der Waals surface area (Å²) in [5, 5.41) is 1.05. The zero-order valence-electron chi connectivity index (χ0n) is 9.13. The molecule has 0 aliphatic rings. The highest BCUT2D eigenvalue weighted by Crippen LogP contribution is 2.23. The number of benzene rings is 1. The summed E-state index contributed by atoms with van der Waals surface area (Å²) in [6.45, 7) is 4.23. The highest BCUT2D eigenvalue weighted by atomic mass is 127. The molecule has 1 N–H and O–H groups in total. The van der Waals surface area contributed by atoms with Crippen molar-refractivity contribution in [3.8, 4) is 0 Å². The molecule has 0 unspecified atom stereocenters. The summed E-state index contributed by atoms with van der Waals surface area (Å²) in [5.74, 6) is -0.299. The van der Waals surface area contributed by atoms with Crippen LogP contribution >= 0.6 is 22.6 Å². The maximum atomic E-state index is 11.6. The molecular weight excluding hydrogens is 317 g/mol. The molecule has 0 saturated carbocycles. The standard InChI is InChI=1S/C12H12INO2/c1-3-16-12(15)10-6-8-4-7(2)5-9(13)11(8)14-10/h4-6,14H,3H2,1-2H3. The first-order valence-electron chi connectivity index (χ1n) is 5.08. The summed E-state index contributed by atoms with van der Waals surface area (Å²) in [4.78, 5) is 14.6. The van der Waals surface area contributed by atoms with Gasteiger partial charge in [0.1, 0.15) is 5.69 Å². The maximum absolute atomic E-state index is 11.6. The number of nitrogens with one attached hydrogen (secondary N) is 1. The van der Waals surface area contributed by atoms with Crippen molar-refractivity contribution in [2.75, 3.05) is 6.61 Å². The van der Waals surface area contributed by atoms with Crippen molar-refractivity contribution in [1.82, 2.24) is 4.98 Å². The van der Waals surface area contributed by atoms with Crippen LogP contribution in [0.2, 0.25) is 0 Å². The number of carbonyl (C=O) groups excluding carboxylic acids is 1. The average molecular weight is 329 g/mol. The summed E-state index contributed by atoms with van der Waals surface area (Å²) in [7, 11) is 0. The Morgan fingerprint density at radius 2 is 2.19 bits per heavy atom. The van der Waals surface area contributed by atoms with Gasteiger partial charge in [-0.05, 0) is 60.2 Å². The lowest BCUT2D eigenvalue weighted by Crippen LogP contribution is -2.04. The highest BCUT2D eigenvalue weighted by molar-refractivity contribution is 14.1. The largest absolute Gasteiger partial charge is 0.461 e. The van der Waals surface area contributed by atoms with E-state index in [1.165, 1.54) is 5.56 Å². The highest BCUT2D eigenvalue weighted by Gasteiger charge is 2.11. The molecule has 1 aromatic heterocycles. The fourth-order valence-corrected chi connectivity index (χ4v) is 2.60. The second-order valence-electron chi connectivity index (χ2n) is 3.61. The van der Waals surface area contributed by atoms with Gasteiger partial charge in [0.15, 0.2) is 0 Å². The summed E-state index contributed by atoms with van der Waals surface area (Å²) < 4.78 is 6.07. The van der Waals surface area contributed by atoms with Crippen LogP contribution in [-0.2, 0) is 4.74 Å². The molecule has 2 aromatic rings. The van der Waals surface area contributed by atoms with Crippen molar-refractivity contribution < 1.29 is 9.53 Å². The van der Waals surface area contributed by atoms with Gasteiger partial charge in [-0.25, -0.2) is 4.79 Å². The first-order chi connectivity index (χ1) is 7.61. The fraction of sp³-hybridized carbons (Fsp3) is 0.250. The molecule has 0 aliphatic heterocycles. The van der Waals surface area contributed by atoms with Gasteiger partial charge in [0.25, 0.3) is 0 Å². The second kappa shape index (κ2) is 4.45. The van der Waals surface area contributed by atoms with E-state index in [0.29, 0.717) is 12.3 Å². The summed E-state index contributed by atoms with van der Waals surface area (Å²) in [6.07, 6.45) is 0. The number of esters is 1. The third-order valence-electron chi connectivity index (χ3n) is 2.32. The van der Waals surface area contributed by atoms with Gasteiger partial charge in [0, 0.05) is 8.96 Å². The number of hydrogen-bond donors (Lipinski definition) is 1. The smallest absolute Gasteiger partial charge is 0.354 e.